The molecule has 2 atom stereocenters. The SMILES string of the molecule is CC(C)N1CCC(Nc2ccc3[nH]c(C(=O)C4CCNC4)cc3c2)C1.Cl. The highest BCUT2D eigenvalue weighted by Gasteiger charge is 2.25. The molecule has 2 unspecified atom stereocenters. The lowest BCUT2D eigenvalue weighted by Crippen LogP contribution is -2.31. The summed E-state index contributed by atoms with van der Waals surface area (Å²) in [6, 6.07) is 9.48. The number of carbonyl (C=O) groups excluding carboxylic acids is 1. The van der Waals surface area contributed by atoms with Gasteiger partial charge in [-0.3, -0.25) is 9.69 Å². The minimum Gasteiger partial charge on any atom is -0.381 e. The predicted octanol–water partition coefficient (Wildman–Crippen LogP) is 3.28. The predicted molar refractivity (Wildman–Crippen MR) is 110 cm³/mol. The number of halogens is 1. The lowest BCUT2D eigenvalue weighted by atomic mass is 10.0. The minimum atomic E-state index is 0. The number of rotatable bonds is 5. The first-order valence-electron chi connectivity index (χ1n) is 9.48. The Hall–Kier alpha value is -1.56. The van der Waals surface area contributed by atoms with Crippen molar-refractivity contribution in [1.82, 2.24) is 15.2 Å². The zero-order chi connectivity index (χ0) is 17.4. The van der Waals surface area contributed by atoms with Gasteiger partial charge in [0.25, 0.3) is 0 Å². The van der Waals surface area contributed by atoms with Gasteiger partial charge in [-0.05, 0) is 57.5 Å². The zero-order valence-electron chi connectivity index (χ0n) is 15.5. The molecule has 142 valence electrons. The number of likely N-dealkylation sites (tertiary alicyclic amines) is 1. The van der Waals surface area contributed by atoms with Gasteiger partial charge in [0.1, 0.15) is 0 Å². The second-order valence-corrected chi connectivity index (χ2v) is 7.76. The summed E-state index contributed by atoms with van der Waals surface area (Å²) in [5, 5.41) is 8.04. The summed E-state index contributed by atoms with van der Waals surface area (Å²) in [7, 11) is 0. The highest BCUT2D eigenvalue weighted by atomic mass is 35.5. The van der Waals surface area contributed by atoms with E-state index in [9.17, 15) is 4.79 Å². The quantitative estimate of drug-likeness (QED) is 0.701. The van der Waals surface area contributed by atoms with E-state index >= 15 is 0 Å². The number of aromatic amines is 1. The van der Waals surface area contributed by atoms with Gasteiger partial charge >= 0.3 is 0 Å². The Morgan fingerprint density at radius 3 is 2.81 bits per heavy atom. The van der Waals surface area contributed by atoms with E-state index in [1.165, 1.54) is 6.42 Å². The molecule has 2 aromatic rings. The fraction of sp³-hybridized carbons (Fsp3) is 0.550. The van der Waals surface area contributed by atoms with Gasteiger partial charge in [-0.25, -0.2) is 0 Å². The van der Waals surface area contributed by atoms with E-state index in [1.54, 1.807) is 0 Å². The van der Waals surface area contributed by atoms with Crippen molar-refractivity contribution in [3.8, 4) is 0 Å². The molecular formula is C20H29ClN4O. The maximum absolute atomic E-state index is 12.6. The normalized spacial score (nSPS) is 23.5. The Labute approximate surface area is 161 Å². The second-order valence-electron chi connectivity index (χ2n) is 7.76. The number of fused-ring (bicyclic) bond motifs is 1. The molecule has 1 aromatic carbocycles. The van der Waals surface area contributed by atoms with E-state index in [4.69, 9.17) is 0 Å². The molecule has 2 saturated heterocycles. The molecule has 26 heavy (non-hydrogen) atoms. The third-order valence-corrected chi connectivity index (χ3v) is 5.64. The number of anilines is 1. The standard InChI is InChI=1S/C20H28N4O.ClH/c1-13(2)24-8-6-17(12-24)22-16-3-4-18-15(9-16)10-19(23-18)20(25)14-5-7-21-11-14;/h3-4,9-10,13-14,17,21-23H,5-8,11-12H2,1-2H3;1H. The molecule has 5 nitrogen and oxygen atoms in total. The molecule has 1 aromatic heterocycles. The molecule has 0 bridgehead atoms. The monoisotopic (exact) mass is 376 g/mol. The smallest absolute Gasteiger partial charge is 0.183 e. The largest absolute Gasteiger partial charge is 0.381 e. The number of nitrogens with one attached hydrogen (secondary N) is 3. The fourth-order valence-electron chi connectivity index (χ4n) is 4.06. The minimum absolute atomic E-state index is 0. The number of hydrogen-bond donors (Lipinski definition) is 3. The Morgan fingerprint density at radius 2 is 2.12 bits per heavy atom. The van der Waals surface area contributed by atoms with Gasteiger partial charge in [-0.1, -0.05) is 0 Å². The van der Waals surface area contributed by atoms with Crippen LogP contribution in [-0.2, 0) is 0 Å². The Kier molecular flexibility index (Phi) is 5.90. The van der Waals surface area contributed by atoms with Gasteiger partial charge in [-0.2, -0.15) is 0 Å². The number of H-pyrrole nitrogens is 1. The number of carbonyl (C=O) groups is 1. The van der Waals surface area contributed by atoms with Crippen LogP contribution in [0.15, 0.2) is 24.3 Å². The van der Waals surface area contributed by atoms with Crippen molar-refractivity contribution in [2.75, 3.05) is 31.5 Å². The number of aromatic nitrogens is 1. The van der Waals surface area contributed by atoms with E-state index < -0.39 is 0 Å². The number of ketones is 1. The molecule has 0 aliphatic carbocycles. The number of Topliss-reactive ketones (excluding diaryl/α,β-unsaturated/α-hetero) is 1. The maximum atomic E-state index is 12.6. The summed E-state index contributed by atoms with van der Waals surface area (Å²) in [6.45, 7) is 8.52. The lowest BCUT2D eigenvalue weighted by molar-refractivity contribution is 0.0926. The van der Waals surface area contributed by atoms with Crippen LogP contribution >= 0.6 is 12.4 Å². The van der Waals surface area contributed by atoms with Gasteiger partial charge in [-0.15, -0.1) is 12.4 Å². The Morgan fingerprint density at radius 1 is 1.27 bits per heavy atom. The summed E-state index contributed by atoms with van der Waals surface area (Å²) < 4.78 is 0. The third kappa shape index (κ3) is 3.90. The molecule has 0 spiro atoms. The molecule has 2 aliphatic heterocycles. The van der Waals surface area contributed by atoms with Crippen molar-refractivity contribution in [2.24, 2.45) is 5.92 Å². The van der Waals surface area contributed by atoms with Crippen LogP contribution in [0, 0.1) is 5.92 Å². The van der Waals surface area contributed by atoms with Crippen LogP contribution in [0.1, 0.15) is 37.2 Å². The highest BCUT2D eigenvalue weighted by molar-refractivity contribution is 6.01. The molecule has 3 heterocycles. The highest BCUT2D eigenvalue weighted by Crippen LogP contribution is 2.25. The Bertz CT molecular complexity index is 766. The fourth-order valence-corrected chi connectivity index (χ4v) is 4.06. The van der Waals surface area contributed by atoms with Gasteiger partial charge in [0, 0.05) is 54.2 Å². The summed E-state index contributed by atoms with van der Waals surface area (Å²) in [6.07, 6.45) is 2.12. The van der Waals surface area contributed by atoms with Crippen molar-refractivity contribution in [2.45, 2.75) is 38.8 Å². The van der Waals surface area contributed by atoms with Gasteiger partial charge in [0.05, 0.1) is 5.69 Å². The van der Waals surface area contributed by atoms with Gasteiger partial charge < -0.3 is 15.6 Å². The topological polar surface area (TPSA) is 60.2 Å². The molecule has 6 heteroatoms. The summed E-state index contributed by atoms with van der Waals surface area (Å²) >= 11 is 0. The van der Waals surface area contributed by atoms with E-state index in [1.807, 2.05) is 6.07 Å². The molecule has 2 fully saturated rings. The van der Waals surface area contributed by atoms with Crippen LogP contribution in [0.5, 0.6) is 0 Å². The van der Waals surface area contributed by atoms with Crippen molar-refractivity contribution in [1.29, 1.82) is 0 Å². The second kappa shape index (κ2) is 7.99. The van der Waals surface area contributed by atoms with Gasteiger partial charge in [0.15, 0.2) is 5.78 Å². The average Bonchev–Trinajstić information content (AvgIpc) is 3.34. The number of benzene rings is 1. The molecule has 0 saturated carbocycles. The lowest BCUT2D eigenvalue weighted by Gasteiger charge is -2.20. The average molecular weight is 377 g/mol. The van der Waals surface area contributed by atoms with E-state index in [0.29, 0.717) is 12.1 Å². The third-order valence-electron chi connectivity index (χ3n) is 5.64. The van der Waals surface area contributed by atoms with E-state index in [2.05, 4.69) is 52.6 Å². The van der Waals surface area contributed by atoms with Gasteiger partial charge in [0.2, 0.25) is 0 Å². The molecular weight excluding hydrogens is 348 g/mol. The van der Waals surface area contributed by atoms with E-state index in [0.717, 1.165) is 54.9 Å². The number of hydrogen-bond acceptors (Lipinski definition) is 4. The first kappa shape index (κ1) is 19.2. The van der Waals surface area contributed by atoms with Crippen molar-refractivity contribution in [3.63, 3.8) is 0 Å². The van der Waals surface area contributed by atoms with Crippen LogP contribution < -0.4 is 10.6 Å². The molecule has 3 N–H and O–H groups in total. The van der Waals surface area contributed by atoms with Crippen molar-refractivity contribution in [3.05, 3.63) is 30.0 Å². The van der Waals surface area contributed by atoms with Crippen molar-refractivity contribution >= 4 is 34.8 Å². The maximum Gasteiger partial charge on any atom is 0.183 e. The van der Waals surface area contributed by atoms with Crippen LogP contribution in [0.25, 0.3) is 10.9 Å². The molecule has 2 aliphatic rings. The summed E-state index contributed by atoms with van der Waals surface area (Å²) in [5.41, 5.74) is 2.92. The first-order chi connectivity index (χ1) is 12.1. The first-order valence-corrected chi connectivity index (χ1v) is 9.48. The Balaban J connectivity index is 0.00000196. The molecule has 0 radical (unpaired) electrons. The molecule has 4 rings (SSSR count). The van der Waals surface area contributed by atoms with Crippen molar-refractivity contribution < 1.29 is 4.79 Å². The molecule has 0 amide bonds. The van der Waals surface area contributed by atoms with Crippen LogP contribution in [0.4, 0.5) is 5.69 Å². The summed E-state index contributed by atoms with van der Waals surface area (Å²) in [5.74, 6) is 0.352. The zero-order valence-corrected chi connectivity index (χ0v) is 16.4. The van der Waals surface area contributed by atoms with Crippen LogP contribution in [-0.4, -0.2) is 53.9 Å². The number of nitrogens with zero attached hydrogens (tertiary/aromatic N) is 1. The van der Waals surface area contributed by atoms with Crippen LogP contribution in [0.3, 0.4) is 0 Å². The van der Waals surface area contributed by atoms with Crippen LogP contribution in [0.2, 0.25) is 0 Å². The summed E-state index contributed by atoms with van der Waals surface area (Å²) in [4.78, 5) is 18.4. The van der Waals surface area contributed by atoms with E-state index in [-0.39, 0.29) is 24.1 Å².